The number of anilines is 2. The van der Waals surface area contributed by atoms with Crippen LogP contribution in [-0.4, -0.2) is 26.2 Å². The molecule has 1 aromatic carbocycles. The first-order valence-electron chi connectivity index (χ1n) is 7.06. The smallest absolute Gasteiger partial charge is 0.0367 e. The second kappa shape index (κ2) is 6.67. The lowest BCUT2D eigenvalue weighted by Gasteiger charge is -2.29. The summed E-state index contributed by atoms with van der Waals surface area (Å²) in [4.78, 5) is 4.68. The molecule has 0 spiro atoms. The fourth-order valence-corrected chi connectivity index (χ4v) is 1.98. The van der Waals surface area contributed by atoms with Crippen molar-refractivity contribution >= 4 is 11.4 Å². The summed E-state index contributed by atoms with van der Waals surface area (Å²) in [5, 5.41) is 0. The first-order chi connectivity index (χ1) is 8.51. The van der Waals surface area contributed by atoms with E-state index < -0.39 is 0 Å². The molecule has 0 aliphatic carbocycles. The van der Waals surface area contributed by atoms with E-state index in [9.17, 15) is 0 Å². The number of nitrogens with zero attached hydrogens (tertiary/aromatic N) is 2. The first-order valence-corrected chi connectivity index (χ1v) is 7.06. The van der Waals surface area contributed by atoms with E-state index in [4.69, 9.17) is 0 Å². The number of benzene rings is 1. The Morgan fingerprint density at radius 3 is 1.28 bits per heavy atom. The molecule has 18 heavy (non-hydrogen) atoms. The highest BCUT2D eigenvalue weighted by molar-refractivity contribution is 5.56. The molecule has 0 saturated heterocycles. The first kappa shape index (κ1) is 14.9. The normalized spacial score (nSPS) is 14.1. The second-order valence-electron chi connectivity index (χ2n) is 5.25. The maximum atomic E-state index is 2.34. The predicted molar refractivity (Wildman–Crippen MR) is 82.8 cm³/mol. The summed E-state index contributed by atoms with van der Waals surface area (Å²) in [5.41, 5.74) is 2.59. The van der Waals surface area contributed by atoms with Gasteiger partial charge < -0.3 is 9.80 Å². The lowest BCUT2D eigenvalue weighted by molar-refractivity contribution is 0.660. The molecule has 0 N–H and O–H groups in total. The minimum Gasteiger partial charge on any atom is -0.372 e. The molecule has 0 radical (unpaired) electrons. The molecule has 102 valence electrons. The minimum absolute atomic E-state index is 0.586. The molecular weight excluding hydrogens is 220 g/mol. The van der Waals surface area contributed by atoms with Crippen molar-refractivity contribution in [3.05, 3.63) is 24.3 Å². The molecule has 0 amide bonds. The summed E-state index contributed by atoms with van der Waals surface area (Å²) in [6.07, 6.45) is 2.34. The molecule has 0 fully saturated rings. The molecule has 0 aliphatic heterocycles. The van der Waals surface area contributed by atoms with Crippen molar-refractivity contribution in [2.45, 2.75) is 52.6 Å². The molecule has 1 aromatic rings. The van der Waals surface area contributed by atoms with Crippen molar-refractivity contribution in [1.29, 1.82) is 0 Å². The summed E-state index contributed by atoms with van der Waals surface area (Å²) in [6.45, 7) is 8.98. The van der Waals surface area contributed by atoms with Crippen molar-refractivity contribution < 1.29 is 0 Å². The third-order valence-electron chi connectivity index (χ3n) is 4.17. The molecule has 0 saturated carbocycles. The molecular formula is C16H28N2. The van der Waals surface area contributed by atoms with Crippen LogP contribution in [0.15, 0.2) is 24.3 Å². The average Bonchev–Trinajstić information content (AvgIpc) is 2.44. The predicted octanol–water partition coefficient (Wildman–Crippen LogP) is 4.16. The molecule has 0 bridgehead atoms. The fraction of sp³-hybridized carbons (Fsp3) is 0.625. The van der Waals surface area contributed by atoms with E-state index in [1.54, 1.807) is 0 Å². The standard InChI is InChI=1S/C16H28N2/c1-7-13(3)17(5)15-9-11-16(12-10-15)18(6)14(4)8-2/h9-14H,7-8H2,1-6H3/t13-,14-/m0/s1. The summed E-state index contributed by atoms with van der Waals surface area (Å²) >= 11 is 0. The van der Waals surface area contributed by atoms with E-state index in [1.807, 2.05) is 0 Å². The van der Waals surface area contributed by atoms with Gasteiger partial charge in [-0.3, -0.25) is 0 Å². The summed E-state index contributed by atoms with van der Waals surface area (Å²) in [5.74, 6) is 0. The van der Waals surface area contributed by atoms with Gasteiger partial charge in [0.1, 0.15) is 0 Å². The third-order valence-corrected chi connectivity index (χ3v) is 4.17. The van der Waals surface area contributed by atoms with Crippen LogP contribution >= 0.6 is 0 Å². The van der Waals surface area contributed by atoms with Crippen molar-refractivity contribution in [3.8, 4) is 0 Å². The van der Waals surface area contributed by atoms with Crippen LogP contribution in [0.25, 0.3) is 0 Å². The van der Waals surface area contributed by atoms with Crippen LogP contribution in [0.1, 0.15) is 40.5 Å². The zero-order chi connectivity index (χ0) is 13.7. The van der Waals surface area contributed by atoms with Crippen LogP contribution in [0, 0.1) is 0 Å². The van der Waals surface area contributed by atoms with Gasteiger partial charge in [0.25, 0.3) is 0 Å². The molecule has 0 heterocycles. The largest absolute Gasteiger partial charge is 0.372 e. The Labute approximate surface area is 113 Å². The number of hydrogen-bond acceptors (Lipinski definition) is 2. The number of hydrogen-bond donors (Lipinski definition) is 0. The van der Waals surface area contributed by atoms with Crippen LogP contribution in [0.3, 0.4) is 0 Å². The Balaban J connectivity index is 2.79. The molecule has 0 aromatic heterocycles. The van der Waals surface area contributed by atoms with Gasteiger partial charge in [-0.2, -0.15) is 0 Å². The van der Waals surface area contributed by atoms with E-state index in [-0.39, 0.29) is 0 Å². The highest BCUT2D eigenvalue weighted by Gasteiger charge is 2.10. The van der Waals surface area contributed by atoms with Gasteiger partial charge in [-0.1, -0.05) is 13.8 Å². The quantitative estimate of drug-likeness (QED) is 0.746. The minimum atomic E-state index is 0.586. The van der Waals surface area contributed by atoms with Gasteiger partial charge in [-0.15, -0.1) is 0 Å². The Hall–Kier alpha value is -1.18. The fourth-order valence-electron chi connectivity index (χ4n) is 1.98. The lowest BCUT2D eigenvalue weighted by Crippen LogP contribution is -2.29. The van der Waals surface area contributed by atoms with Gasteiger partial charge in [-0.05, 0) is 51.0 Å². The molecule has 2 nitrogen and oxygen atoms in total. The Bertz CT molecular complexity index is 310. The zero-order valence-corrected chi connectivity index (χ0v) is 12.8. The van der Waals surface area contributed by atoms with Crippen LogP contribution in [0.4, 0.5) is 11.4 Å². The summed E-state index contributed by atoms with van der Waals surface area (Å²) in [7, 11) is 4.34. The topological polar surface area (TPSA) is 6.48 Å². The molecule has 0 unspecified atom stereocenters. The third kappa shape index (κ3) is 3.41. The van der Waals surface area contributed by atoms with Crippen molar-refractivity contribution in [2.24, 2.45) is 0 Å². The monoisotopic (exact) mass is 248 g/mol. The Morgan fingerprint density at radius 1 is 0.778 bits per heavy atom. The van der Waals surface area contributed by atoms with Crippen molar-refractivity contribution in [3.63, 3.8) is 0 Å². The SMILES string of the molecule is CC[C@H](C)N(C)c1ccc(N(C)[C@@H](C)CC)cc1. The average molecular weight is 248 g/mol. The van der Waals surface area contributed by atoms with Gasteiger partial charge in [0.05, 0.1) is 0 Å². The maximum Gasteiger partial charge on any atom is 0.0367 e. The van der Waals surface area contributed by atoms with E-state index in [1.165, 1.54) is 24.2 Å². The van der Waals surface area contributed by atoms with E-state index in [0.29, 0.717) is 12.1 Å². The van der Waals surface area contributed by atoms with Gasteiger partial charge >= 0.3 is 0 Å². The molecule has 0 aliphatic rings. The van der Waals surface area contributed by atoms with Gasteiger partial charge in [0.2, 0.25) is 0 Å². The lowest BCUT2D eigenvalue weighted by atomic mass is 10.1. The van der Waals surface area contributed by atoms with Gasteiger partial charge in [0.15, 0.2) is 0 Å². The van der Waals surface area contributed by atoms with E-state index in [0.717, 1.165) is 0 Å². The molecule has 2 heteroatoms. The highest BCUT2D eigenvalue weighted by Crippen LogP contribution is 2.22. The zero-order valence-electron chi connectivity index (χ0n) is 12.8. The highest BCUT2D eigenvalue weighted by atomic mass is 15.1. The van der Waals surface area contributed by atoms with E-state index in [2.05, 4.69) is 75.9 Å². The van der Waals surface area contributed by atoms with Crippen LogP contribution < -0.4 is 9.80 Å². The van der Waals surface area contributed by atoms with Gasteiger partial charge in [0, 0.05) is 37.6 Å². The van der Waals surface area contributed by atoms with Crippen molar-refractivity contribution in [1.82, 2.24) is 0 Å². The Morgan fingerprint density at radius 2 is 1.06 bits per heavy atom. The summed E-state index contributed by atoms with van der Waals surface area (Å²) in [6, 6.07) is 10.1. The number of rotatable bonds is 6. The van der Waals surface area contributed by atoms with Crippen LogP contribution in [0.5, 0.6) is 0 Å². The van der Waals surface area contributed by atoms with E-state index >= 15 is 0 Å². The van der Waals surface area contributed by atoms with Gasteiger partial charge in [-0.25, -0.2) is 0 Å². The maximum absolute atomic E-state index is 2.34. The van der Waals surface area contributed by atoms with Crippen LogP contribution in [0.2, 0.25) is 0 Å². The second-order valence-corrected chi connectivity index (χ2v) is 5.25. The van der Waals surface area contributed by atoms with Crippen LogP contribution in [-0.2, 0) is 0 Å². The van der Waals surface area contributed by atoms with Crippen molar-refractivity contribution in [2.75, 3.05) is 23.9 Å². The molecule has 2 atom stereocenters. The Kier molecular flexibility index (Phi) is 5.52. The summed E-state index contributed by atoms with van der Waals surface area (Å²) < 4.78 is 0. The molecule has 1 rings (SSSR count).